The number of carbonyl (C=O) groups excluding carboxylic acids is 2. The highest BCUT2D eigenvalue weighted by Crippen LogP contribution is 2.54. The van der Waals surface area contributed by atoms with Gasteiger partial charge in [-0.2, -0.15) is 0 Å². The summed E-state index contributed by atoms with van der Waals surface area (Å²) >= 11 is 0. The number of hydrogen-bond donors (Lipinski definition) is 3. The Morgan fingerprint density at radius 3 is 2.19 bits per heavy atom. The van der Waals surface area contributed by atoms with E-state index in [9.17, 15) is 24.9 Å². The molecule has 1 fully saturated rings. The largest absolute Gasteiger partial charge is 0.461 e. The zero-order valence-electron chi connectivity index (χ0n) is 23.3. The summed E-state index contributed by atoms with van der Waals surface area (Å²) in [6.07, 6.45) is 17.5. The lowest BCUT2D eigenvalue weighted by Crippen LogP contribution is -2.60. The van der Waals surface area contributed by atoms with Crippen molar-refractivity contribution >= 4 is 11.8 Å². The van der Waals surface area contributed by atoms with Gasteiger partial charge < -0.3 is 20.1 Å². The summed E-state index contributed by atoms with van der Waals surface area (Å²) in [6.45, 7) is 5.78. The molecule has 3 rings (SSSR count). The van der Waals surface area contributed by atoms with Crippen molar-refractivity contribution in [3.63, 3.8) is 0 Å². The maximum Gasteiger partial charge on any atom is 0.306 e. The molecule has 6 nitrogen and oxygen atoms in total. The van der Waals surface area contributed by atoms with Crippen molar-refractivity contribution < 1.29 is 29.6 Å². The molecule has 0 spiro atoms. The molecule has 0 aromatic heterocycles. The van der Waals surface area contributed by atoms with Crippen molar-refractivity contribution in [2.75, 3.05) is 6.61 Å². The molecule has 3 aliphatic rings. The lowest BCUT2D eigenvalue weighted by molar-refractivity contribution is -0.175. The van der Waals surface area contributed by atoms with Crippen LogP contribution in [-0.2, 0) is 14.3 Å². The number of aliphatic hydroxyl groups is 3. The van der Waals surface area contributed by atoms with E-state index in [1.54, 1.807) is 13.0 Å². The van der Waals surface area contributed by atoms with E-state index < -0.39 is 29.1 Å². The van der Waals surface area contributed by atoms with Crippen molar-refractivity contribution in [2.45, 2.75) is 134 Å². The summed E-state index contributed by atoms with van der Waals surface area (Å²) in [4.78, 5) is 25.4. The van der Waals surface area contributed by atoms with E-state index in [0.29, 0.717) is 30.4 Å². The fourth-order valence-corrected chi connectivity index (χ4v) is 6.90. The van der Waals surface area contributed by atoms with Crippen LogP contribution in [0.5, 0.6) is 0 Å². The number of ether oxygens (including phenoxy) is 1. The molecule has 6 atom stereocenters. The van der Waals surface area contributed by atoms with Crippen LogP contribution in [0.4, 0.5) is 0 Å². The number of rotatable bonds is 14. The van der Waals surface area contributed by atoms with Crippen LogP contribution in [0.15, 0.2) is 23.3 Å². The van der Waals surface area contributed by atoms with Gasteiger partial charge in [0, 0.05) is 24.7 Å². The predicted octanol–water partition coefficient (Wildman–Crippen LogP) is 5.58. The number of esters is 1. The first-order valence-electron chi connectivity index (χ1n) is 14.8. The molecule has 0 saturated heterocycles. The van der Waals surface area contributed by atoms with Crippen molar-refractivity contribution in [2.24, 2.45) is 17.8 Å². The molecule has 0 amide bonds. The SMILES string of the molecule is CCCCCCCCCCCCCC(=O)OCC1=CC2CC(O)CC(C)C2(O)C2C=C(C)C(=O)C2(O)C1. The Morgan fingerprint density at radius 1 is 0.973 bits per heavy atom. The van der Waals surface area contributed by atoms with Crippen LogP contribution in [0.3, 0.4) is 0 Å². The van der Waals surface area contributed by atoms with Crippen LogP contribution in [0.2, 0.25) is 0 Å². The van der Waals surface area contributed by atoms with Crippen molar-refractivity contribution in [3.05, 3.63) is 23.3 Å². The fraction of sp³-hybridized carbons (Fsp3) is 0.806. The van der Waals surface area contributed by atoms with Gasteiger partial charge in [-0.1, -0.05) is 90.2 Å². The molecule has 0 radical (unpaired) electrons. The number of aliphatic hydroxyl groups excluding tert-OH is 1. The lowest BCUT2D eigenvalue weighted by Gasteiger charge is -2.50. The Balaban J connectivity index is 1.47. The number of unbranched alkanes of at least 4 members (excludes halogenated alkanes) is 10. The van der Waals surface area contributed by atoms with Gasteiger partial charge >= 0.3 is 5.97 Å². The molecule has 0 aromatic rings. The first-order chi connectivity index (χ1) is 17.6. The second-order valence-corrected chi connectivity index (χ2v) is 12.0. The molecular weight excluding hydrogens is 468 g/mol. The number of hydrogen-bond acceptors (Lipinski definition) is 6. The van der Waals surface area contributed by atoms with Crippen LogP contribution < -0.4 is 0 Å². The van der Waals surface area contributed by atoms with Gasteiger partial charge in [-0.05, 0) is 43.3 Å². The summed E-state index contributed by atoms with van der Waals surface area (Å²) in [5, 5.41) is 33.8. The zero-order chi connectivity index (χ0) is 27.1. The molecule has 6 unspecified atom stereocenters. The summed E-state index contributed by atoms with van der Waals surface area (Å²) in [5.74, 6) is -2.12. The van der Waals surface area contributed by atoms with Gasteiger partial charge in [0.25, 0.3) is 0 Å². The molecule has 3 N–H and O–H groups in total. The predicted molar refractivity (Wildman–Crippen MR) is 145 cm³/mol. The monoisotopic (exact) mass is 518 g/mol. The van der Waals surface area contributed by atoms with E-state index in [1.165, 1.54) is 51.4 Å². The highest BCUT2D eigenvalue weighted by atomic mass is 16.5. The molecule has 6 heteroatoms. The van der Waals surface area contributed by atoms with Crippen LogP contribution in [0.25, 0.3) is 0 Å². The van der Waals surface area contributed by atoms with Crippen LogP contribution in [-0.4, -0.2) is 51.0 Å². The zero-order valence-corrected chi connectivity index (χ0v) is 23.3. The Labute approximate surface area is 223 Å². The number of fused-ring (bicyclic) bond motifs is 3. The number of Topliss-reactive ketones (excluding diaryl/α,β-unsaturated/α-hetero) is 1. The van der Waals surface area contributed by atoms with Gasteiger partial charge in [0.1, 0.15) is 12.2 Å². The molecular formula is C31H50O6. The third kappa shape index (κ3) is 7.13. The first kappa shape index (κ1) is 30.0. The topological polar surface area (TPSA) is 104 Å². The minimum atomic E-state index is -1.75. The van der Waals surface area contributed by atoms with Gasteiger partial charge in [-0.25, -0.2) is 0 Å². The second-order valence-electron chi connectivity index (χ2n) is 12.0. The van der Waals surface area contributed by atoms with Crippen LogP contribution >= 0.6 is 0 Å². The average Bonchev–Trinajstić information content (AvgIpc) is 3.02. The normalized spacial score (nSPS) is 33.3. The summed E-state index contributed by atoms with van der Waals surface area (Å²) in [5.41, 5.74) is -2.01. The maximum atomic E-state index is 13.0. The molecule has 210 valence electrons. The van der Waals surface area contributed by atoms with E-state index in [1.807, 2.05) is 13.0 Å². The molecule has 3 aliphatic carbocycles. The molecule has 0 bridgehead atoms. The van der Waals surface area contributed by atoms with Gasteiger partial charge in [0.15, 0.2) is 5.78 Å². The van der Waals surface area contributed by atoms with Crippen molar-refractivity contribution in [1.29, 1.82) is 0 Å². The highest BCUT2D eigenvalue weighted by Gasteiger charge is 2.63. The van der Waals surface area contributed by atoms with E-state index in [4.69, 9.17) is 4.74 Å². The van der Waals surface area contributed by atoms with E-state index >= 15 is 0 Å². The van der Waals surface area contributed by atoms with E-state index in [0.717, 1.165) is 19.3 Å². The van der Waals surface area contributed by atoms with Crippen LogP contribution in [0, 0.1) is 17.8 Å². The third-order valence-corrected chi connectivity index (χ3v) is 9.05. The lowest BCUT2D eigenvalue weighted by atomic mass is 9.60. The van der Waals surface area contributed by atoms with Gasteiger partial charge in [-0.3, -0.25) is 9.59 Å². The average molecular weight is 519 g/mol. The summed E-state index contributed by atoms with van der Waals surface area (Å²) < 4.78 is 5.56. The van der Waals surface area contributed by atoms with E-state index in [2.05, 4.69) is 6.92 Å². The van der Waals surface area contributed by atoms with Crippen LogP contribution in [0.1, 0.15) is 117 Å². The first-order valence-corrected chi connectivity index (χ1v) is 14.8. The molecule has 0 heterocycles. The molecule has 1 saturated carbocycles. The van der Waals surface area contributed by atoms with Crippen molar-refractivity contribution in [3.8, 4) is 0 Å². The number of carbonyl (C=O) groups is 2. The fourth-order valence-electron chi connectivity index (χ4n) is 6.90. The maximum absolute atomic E-state index is 13.0. The quantitative estimate of drug-likeness (QED) is 0.158. The second kappa shape index (κ2) is 13.5. The Bertz CT molecular complexity index is 847. The van der Waals surface area contributed by atoms with Gasteiger partial charge in [-0.15, -0.1) is 0 Å². The van der Waals surface area contributed by atoms with Gasteiger partial charge in [0.05, 0.1) is 11.7 Å². The Hall–Kier alpha value is -1.50. The molecule has 37 heavy (non-hydrogen) atoms. The standard InChI is InChI=1S/C31H50O6/c1-4-5-6-7-8-9-10-11-12-13-14-15-28(33)37-21-24-18-25-19-26(32)17-23(3)31(25,36)27-16-22(2)29(34)30(27,35)20-24/h16,18,23,25-27,32,35-36H,4-15,17,19-21H2,1-3H3. The van der Waals surface area contributed by atoms with E-state index in [-0.39, 0.29) is 30.7 Å². The minimum absolute atomic E-state index is 0.00468. The smallest absolute Gasteiger partial charge is 0.306 e. The third-order valence-electron chi connectivity index (χ3n) is 9.05. The minimum Gasteiger partial charge on any atom is -0.461 e. The highest BCUT2D eigenvalue weighted by molar-refractivity contribution is 6.04. The summed E-state index contributed by atoms with van der Waals surface area (Å²) in [7, 11) is 0. The van der Waals surface area contributed by atoms with Crippen molar-refractivity contribution in [1.82, 2.24) is 0 Å². The molecule has 0 aliphatic heterocycles. The Kier molecular flexibility index (Phi) is 11.0. The number of ketones is 1. The Morgan fingerprint density at radius 2 is 1.57 bits per heavy atom. The molecule has 0 aromatic carbocycles. The summed E-state index contributed by atoms with van der Waals surface area (Å²) in [6, 6.07) is 0. The van der Waals surface area contributed by atoms with Gasteiger partial charge in [0.2, 0.25) is 0 Å².